The minimum Gasteiger partial charge on any atom is -0.373 e. The second-order valence-electron chi connectivity index (χ2n) is 7.70. The first-order chi connectivity index (χ1) is 14.1. The zero-order chi connectivity index (χ0) is 20.4. The van der Waals surface area contributed by atoms with Crippen molar-refractivity contribution in [2.75, 3.05) is 25.5 Å². The number of benzene rings is 1. The molecule has 1 aromatic heterocycles. The van der Waals surface area contributed by atoms with Crippen molar-refractivity contribution in [2.45, 2.75) is 45.2 Å². The molecule has 0 aliphatic carbocycles. The molecule has 7 heteroatoms. The maximum atomic E-state index is 13.0. The third-order valence-corrected chi connectivity index (χ3v) is 5.83. The fraction of sp³-hybridized carbons (Fsp3) is 0.455. The number of fused-ring (bicyclic) bond motifs is 1. The molecule has 0 radical (unpaired) electrons. The summed E-state index contributed by atoms with van der Waals surface area (Å²) in [7, 11) is 1.86. The Morgan fingerprint density at radius 2 is 1.97 bits per heavy atom. The lowest BCUT2D eigenvalue weighted by atomic mass is 10.0. The fourth-order valence-corrected chi connectivity index (χ4v) is 4.28. The van der Waals surface area contributed by atoms with E-state index in [1.165, 1.54) is 0 Å². The summed E-state index contributed by atoms with van der Waals surface area (Å²) < 4.78 is 0. The van der Waals surface area contributed by atoms with Crippen LogP contribution < -0.4 is 5.32 Å². The van der Waals surface area contributed by atoms with Gasteiger partial charge in [0.05, 0.1) is 24.7 Å². The Morgan fingerprint density at radius 1 is 1.17 bits per heavy atom. The monoisotopic (exact) mass is 393 g/mol. The summed E-state index contributed by atoms with van der Waals surface area (Å²) in [5, 5.41) is 3.19. The molecule has 2 aliphatic rings. The van der Waals surface area contributed by atoms with Crippen LogP contribution in [0.5, 0.6) is 0 Å². The van der Waals surface area contributed by atoms with Gasteiger partial charge in [0.1, 0.15) is 5.82 Å². The van der Waals surface area contributed by atoms with E-state index in [2.05, 4.69) is 5.32 Å². The predicted octanol–water partition coefficient (Wildman–Crippen LogP) is 2.33. The van der Waals surface area contributed by atoms with Crippen LogP contribution in [0, 0.1) is 0 Å². The zero-order valence-electron chi connectivity index (χ0n) is 17.0. The summed E-state index contributed by atoms with van der Waals surface area (Å²) in [6.45, 7) is 3.50. The van der Waals surface area contributed by atoms with Gasteiger partial charge in [0.2, 0.25) is 11.8 Å². The van der Waals surface area contributed by atoms with Gasteiger partial charge in [-0.3, -0.25) is 9.59 Å². The average molecular weight is 393 g/mol. The lowest BCUT2D eigenvalue weighted by Gasteiger charge is -2.30. The normalized spacial score (nSPS) is 18.5. The maximum absolute atomic E-state index is 13.0. The van der Waals surface area contributed by atoms with E-state index in [1.54, 1.807) is 6.92 Å². The molecular formula is C22H27N5O2. The van der Waals surface area contributed by atoms with Gasteiger partial charge in [0, 0.05) is 32.6 Å². The number of rotatable bonds is 4. The van der Waals surface area contributed by atoms with E-state index in [9.17, 15) is 9.59 Å². The molecule has 7 nitrogen and oxygen atoms in total. The number of anilines is 1. The molecule has 3 heterocycles. The van der Waals surface area contributed by atoms with Crippen molar-refractivity contribution in [3.8, 4) is 0 Å². The number of nitrogens with one attached hydrogen (secondary N) is 1. The smallest absolute Gasteiger partial charge is 0.227 e. The van der Waals surface area contributed by atoms with Gasteiger partial charge >= 0.3 is 0 Å². The van der Waals surface area contributed by atoms with Crippen molar-refractivity contribution in [1.29, 1.82) is 0 Å². The first-order valence-corrected chi connectivity index (χ1v) is 10.2. The molecule has 0 bridgehead atoms. The molecule has 0 saturated carbocycles. The van der Waals surface area contributed by atoms with Crippen molar-refractivity contribution < 1.29 is 9.59 Å². The molecule has 1 fully saturated rings. The first kappa shape index (κ1) is 19.4. The third-order valence-electron chi connectivity index (χ3n) is 5.83. The Labute approximate surface area is 171 Å². The van der Waals surface area contributed by atoms with Gasteiger partial charge in [-0.25, -0.2) is 9.97 Å². The number of carbonyl (C=O) groups excluding carboxylic acids is 2. The van der Waals surface area contributed by atoms with E-state index < -0.39 is 0 Å². The van der Waals surface area contributed by atoms with Gasteiger partial charge in [0.25, 0.3) is 0 Å². The summed E-state index contributed by atoms with van der Waals surface area (Å²) in [6.07, 6.45) is 2.94. The molecule has 29 heavy (non-hydrogen) atoms. The van der Waals surface area contributed by atoms with Crippen LogP contribution in [0.25, 0.3) is 0 Å². The van der Waals surface area contributed by atoms with Gasteiger partial charge in [0.15, 0.2) is 5.82 Å². The summed E-state index contributed by atoms with van der Waals surface area (Å²) in [4.78, 5) is 38.2. The third kappa shape index (κ3) is 3.95. The number of likely N-dealkylation sites (tertiary alicyclic amines) is 1. The second kappa shape index (κ2) is 8.19. The van der Waals surface area contributed by atoms with Crippen LogP contribution in [0.3, 0.4) is 0 Å². The largest absolute Gasteiger partial charge is 0.373 e. The van der Waals surface area contributed by atoms with Crippen LogP contribution in [0.2, 0.25) is 0 Å². The van der Waals surface area contributed by atoms with Crippen LogP contribution >= 0.6 is 0 Å². The zero-order valence-corrected chi connectivity index (χ0v) is 17.0. The highest BCUT2D eigenvalue weighted by molar-refractivity contribution is 5.79. The van der Waals surface area contributed by atoms with Gasteiger partial charge in [-0.15, -0.1) is 0 Å². The molecule has 2 amide bonds. The Hall–Kier alpha value is -2.96. The highest BCUT2D eigenvalue weighted by atomic mass is 16.2. The van der Waals surface area contributed by atoms with E-state index in [0.29, 0.717) is 25.3 Å². The van der Waals surface area contributed by atoms with Gasteiger partial charge < -0.3 is 15.1 Å². The van der Waals surface area contributed by atoms with Crippen molar-refractivity contribution >= 4 is 17.6 Å². The number of carbonyl (C=O) groups is 2. The van der Waals surface area contributed by atoms with Crippen LogP contribution in [0.15, 0.2) is 30.3 Å². The standard InChI is InChI=1S/C22H27N5O2/c1-15(28)26-12-10-17-18(14-26)24-22(25-21(17)23-2)19-9-6-11-27(19)20(29)13-16-7-4-3-5-8-16/h3-5,7-8,19H,6,9-14H2,1-2H3,(H,23,24,25)/t19-/m0/s1. The van der Waals surface area contributed by atoms with E-state index in [0.717, 1.165) is 48.4 Å². The molecule has 1 N–H and O–H groups in total. The number of hydrogen-bond acceptors (Lipinski definition) is 5. The van der Waals surface area contributed by atoms with E-state index in [-0.39, 0.29) is 17.9 Å². The lowest BCUT2D eigenvalue weighted by Crippen LogP contribution is -2.37. The van der Waals surface area contributed by atoms with Crippen LogP contribution in [0.4, 0.5) is 5.82 Å². The molecule has 0 spiro atoms. The minimum atomic E-state index is -0.115. The first-order valence-electron chi connectivity index (χ1n) is 10.2. The van der Waals surface area contributed by atoms with Crippen LogP contribution in [-0.4, -0.2) is 51.7 Å². The number of nitrogens with zero attached hydrogens (tertiary/aromatic N) is 4. The fourth-order valence-electron chi connectivity index (χ4n) is 4.28. The molecule has 1 atom stereocenters. The SMILES string of the molecule is CNc1nc([C@@H]2CCCN2C(=O)Cc2ccccc2)nc2c1CCN(C(C)=O)C2. The van der Waals surface area contributed by atoms with Gasteiger partial charge in [-0.05, 0) is 24.8 Å². The Bertz CT molecular complexity index is 915. The summed E-state index contributed by atoms with van der Waals surface area (Å²) in [5.41, 5.74) is 2.99. The van der Waals surface area contributed by atoms with Crippen molar-refractivity contribution in [3.05, 3.63) is 53.0 Å². The summed E-state index contributed by atoms with van der Waals surface area (Å²) in [5.74, 6) is 1.66. The Morgan fingerprint density at radius 3 is 2.69 bits per heavy atom. The molecule has 0 unspecified atom stereocenters. The van der Waals surface area contributed by atoms with Crippen molar-refractivity contribution in [3.63, 3.8) is 0 Å². The highest BCUT2D eigenvalue weighted by Gasteiger charge is 2.33. The van der Waals surface area contributed by atoms with Gasteiger partial charge in [-0.2, -0.15) is 0 Å². The Balaban J connectivity index is 1.60. The number of hydrogen-bond donors (Lipinski definition) is 1. The molecule has 1 aromatic carbocycles. The summed E-state index contributed by atoms with van der Waals surface area (Å²) in [6, 6.07) is 9.71. The molecule has 2 aromatic rings. The van der Waals surface area contributed by atoms with Crippen molar-refractivity contribution in [1.82, 2.24) is 19.8 Å². The van der Waals surface area contributed by atoms with E-state index in [1.807, 2.05) is 47.2 Å². The molecule has 1 saturated heterocycles. The second-order valence-corrected chi connectivity index (χ2v) is 7.70. The Kier molecular flexibility index (Phi) is 5.47. The topological polar surface area (TPSA) is 78.4 Å². The quantitative estimate of drug-likeness (QED) is 0.863. The van der Waals surface area contributed by atoms with E-state index >= 15 is 0 Å². The van der Waals surface area contributed by atoms with Crippen LogP contribution in [0.1, 0.15) is 48.5 Å². The molecular weight excluding hydrogens is 366 g/mol. The number of aromatic nitrogens is 2. The maximum Gasteiger partial charge on any atom is 0.227 e. The van der Waals surface area contributed by atoms with Crippen LogP contribution in [-0.2, 0) is 29.0 Å². The highest BCUT2D eigenvalue weighted by Crippen LogP contribution is 2.33. The predicted molar refractivity (Wildman–Crippen MR) is 110 cm³/mol. The average Bonchev–Trinajstić information content (AvgIpc) is 3.23. The van der Waals surface area contributed by atoms with Crippen molar-refractivity contribution in [2.24, 2.45) is 0 Å². The minimum absolute atomic E-state index is 0.0577. The lowest BCUT2D eigenvalue weighted by molar-refractivity contribution is -0.131. The molecule has 4 rings (SSSR count). The molecule has 152 valence electrons. The van der Waals surface area contributed by atoms with Gasteiger partial charge in [-0.1, -0.05) is 30.3 Å². The van der Waals surface area contributed by atoms with E-state index in [4.69, 9.17) is 9.97 Å². The molecule has 2 aliphatic heterocycles. The number of amides is 2. The summed E-state index contributed by atoms with van der Waals surface area (Å²) >= 11 is 0.